The first kappa shape index (κ1) is 25.5. The molecule has 0 aromatic carbocycles. The zero-order valence-corrected chi connectivity index (χ0v) is 18.5. The van der Waals surface area contributed by atoms with Crippen molar-refractivity contribution < 1.29 is 24.0 Å². The molecule has 2 aromatic heterocycles. The van der Waals surface area contributed by atoms with E-state index in [9.17, 15) is 10.1 Å². The van der Waals surface area contributed by atoms with E-state index in [0.29, 0.717) is 29.0 Å². The second-order valence-electron chi connectivity index (χ2n) is 5.48. The summed E-state index contributed by atoms with van der Waals surface area (Å²) in [7, 11) is 6.43. The standard InChI is InChI=1S/C17H15N3O5.C2H7NO.C2H6/c1-23-15-5-4-12-13(9-16(15)24-2)18-8-7-14(12)25-17-6-3-11(10-19-17)20(21)22;1-3-4-2;1-2/h3-4,6-10H,5H2,1-2H3;3H,1-2H3;1-2H3. The molecule has 0 unspecified atom stereocenters. The van der Waals surface area contributed by atoms with Gasteiger partial charge in [0, 0.05) is 43.1 Å². The number of nitro groups is 1. The maximum Gasteiger partial charge on any atom is 0.287 e. The van der Waals surface area contributed by atoms with Gasteiger partial charge in [-0.15, -0.1) is 0 Å². The summed E-state index contributed by atoms with van der Waals surface area (Å²) in [6, 6.07) is 4.49. The normalized spacial score (nSPS) is 11.7. The summed E-state index contributed by atoms with van der Waals surface area (Å²) in [5.74, 6) is 2.06. The molecule has 0 aliphatic heterocycles. The van der Waals surface area contributed by atoms with Gasteiger partial charge in [0.25, 0.3) is 5.69 Å². The van der Waals surface area contributed by atoms with Crippen LogP contribution < -0.4 is 20.8 Å². The van der Waals surface area contributed by atoms with Gasteiger partial charge in [0.05, 0.1) is 31.6 Å². The van der Waals surface area contributed by atoms with E-state index in [-0.39, 0.29) is 11.6 Å². The fourth-order valence-corrected chi connectivity index (χ4v) is 2.39. The lowest BCUT2D eigenvalue weighted by atomic mass is 10.2. The Balaban J connectivity index is 0.000000720. The van der Waals surface area contributed by atoms with Crippen molar-refractivity contribution in [2.45, 2.75) is 20.3 Å². The molecule has 0 bridgehead atoms. The Morgan fingerprint density at radius 1 is 1.10 bits per heavy atom. The van der Waals surface area contributed by atoms with Crippen LogP contribution in [-0.2, 0) is 14.3 Å². The molecule has 1 aliphatic rings. The predicted molar refractivity (Wildman–Crippen MR) is 116 cm³/mol. The number of nitrogens with one attached hydrogen (secondary N) is 1. The molecule has 0 spiro atoms. The summed E-state index contributed by atoms with van der Waals surface area (Å²) >= 11 is 0. The number of hydroxylamine groups is 1. The number of fused-ring (bicyclic) bond motifs is 1. The third kappa shape index (κ3) is 7.36. The van der Waals surface area contributed by atoms with Gasteiger partial charge < -0.3 is 19.0 Å². The molecular weight excluding hydrogens is 404 g/mol. The fraction of sp³-hybridized carbons (Fsp3) is 0.333. The molecule has 0 radical (unpaired) electrons. The van der Waals surface area contributed by atoms with Crippen LogP contribution in [0.25, 0.3) is 12.2 Å². The summed E-state index contributed by atoms with van der Waals surface area (Å²) in [6.07, 6.45) is 6.96. The lowest BCUT2D eigenvalue weighted by molar-refractivity contribution is -0.385. The monoisotopic (exact) mass is 432 g/mol. The first-order valence-electron chi connectivity index (χ1n) is 9.50. The highest BCUT2D eigenvalue weighted by molar-refractivity contribution is 5.51. The van der Waals surface area contributed by atoms with Crippen LogP contribution in [0, 0.1) is 10.1 Å². The van der Waals surface area contributed by atoms with Gasteiger partial charge in [-0.1, -0.05) is 19.9 Å². The number of aromatic nitrogens is 2. The summed E-state index contributed by atoms with van der Waals surface area (Å²) in [5, 5.41) is 12.1. The third-order valence-electron chi connectivity index (χ3n) is 3.83. The van der Waals surface area contributed by atoms with Gasteiger partial charge in [-0.2, -0.15) is 0 Å². The van der Waals surface area contributed by atoms with Gasteiger partial charge in [-0.3, -0.25) is 15.1 Å². The summed E-state index contributed by atoms with van der Waals surface area (Å²) < 4.78 is 16.5. The van der Waals surface area contributed by atoms with E-state index in [4.69, 9.17) is 14.2 Å². The zero-order chi connectivity index (χ0) is 23.2. The number of ether oxygens (including phenoxy) is 3. The minimum Gasteiger partial charge on any atom is -0.497 e. The van der Waals surface area contributed by atoms with Crippen LogP contribution in [-0.4, -0.2) is 43.3 Å². The number of allylic oxidation sites excluding steroid dienone is 2. The Hall–Kier alpha value is -3.50. The highest BCUT2D eigenvalue weighted by Gasteiger charge is 2.12. The molecule has 0 fully saturated rings. The van der Waals surface area contributed by atoms with Crippen molar-refractivity contribution in [1.29, 1.82) is 0 Å². The average molecular weight is 432 g/mol. The number of methoxy groups -OCH3 is 2. The maximum atomic E-state index is 10.7. The quantitative estimate of drug-likeness (QED) is 0.542. The van der Waals surface area contributed by atoms with Crippen molar-refractivity contribution in [3.05, 3.63) is 62.8 Å². The first-order valence-corrected chi connectivity index (χ1v) is 9.50. The van der Waals surface area contributed by atoms with Crippen molar-refractivity contribution in [3.8, 4) is 11.6 Å². The van der Waals surface area contributed by atoms with Gasteiger partial charge in [0.1, 0.15) is 17.7 Å². The Morgan fingerprint density at radius 3 is 2.32 bits per heavy atom. The number of pyridine rings is 2. The highest BCUT2D eigenvalue weighted by atomic mass is 16.6. The van der Waals surface area contributed by atoms with Crippen LogP contribution in [0.4, 0.5) is 5.69 Å². The van der Waals surface area contributed by atoms with Crippen molar-refractivity contribution in [2.24, 2.45) is 0 Å². The van der Waals surface area contributed by atoms with Crippen LogP contribution >= 0.6 is 0 Å². The Kier molecular flexibility index (Phi) is 11.3. The molecule has 0 saturated carbocycles. The van der Waals surface area contributed by atoms with Crippen LogP contribution in [0.2, 0.25) is 0 Å². The Bertz CT molecular complexity index is 988. The van der Waals surface area contributed by atoms with Gasteiger partial charge in [-0.05, 0) is 6.07 Å². The van der Waals surface area contributed by atoms with Crippen LogP contribution in [0.15, 0.2) is 42.1 Å². The number of rotatable bonds is 6. The van der Waals surface area contributed by atoms with Crippen molar-refractivity contribution in [1.82, 2.24) is 15.4 Å². The number of hydrogen-bond acceptors (Lipinski definition) is 9. The average Bonchev–Trinajstić information content (AvgIpc) is 3.00. The lowest BCUT2D eigenvalue weighted by Crippen LogP contribution is -2.29. The molecule has 0 amide bonds. The van der Waals surface area contributed by atoms with Crippen LogP contribution in [0.5, 0.6) is 11.6 Å². The molecule has 1 N–H and O–H groups in total. The van der Waals surface area contributed by atoms with E-state index in [2.05, 4.69) is 20.3 Å². The lowest BCUT2D eigenvalue weighted by Gasteiger charge is -2.06. The molecule has 168 valence electrons. The Labute approximate surface area is 180 Å². The summed E-state index contributed by atoms with van der Waals surface area (Å²) in [6.45, 7) is 4.00. The van der Waals surface area contributed by atoms with E-state index >= 15 is 0 Å². The van der Waals surface area contributed by atoms with Crippen LogP contribution in [0.1, 0.15) is 20.3 Å². The van der Waals surface area contributed by atoms with Crippen molar-refractivity contribution in [2.75, 3.05) is 28.4 Å². The molecule has 2 heterocycles. The molecule has 0 atom stereocenters. The Morgan fingerprint density at radius 2 is 1.81 bits per heavy atom. The van der Waals surface area contributed by atoms with E-state index in [1.165, 1.54) is 12.1 Å². The zero-order valence-electron chi connectivity index (χ0n) is 18.5. The second kappa shape index (κ2) is 13.7. The maximum absolute atomic E-state index is 10.7. The summed E-state index contributed by atoms with van der Waals surface area (Å²) in [4.78, 5) is 22.8. The van der Waals surface area contributed by atoms with Gasteiger partial charge in [0.15, 0.2) is 5.76 Å². The largest absolute Gasteiger partial charge is 0.497 e. The SMILES string of the molecule is CC.CNOC.COC1=C(OC)CC=c2c(Oc3ccc([N+](=O)[O-])cn3)ccnc2=C1. The smallest absolute Gasteiger partial charge is 0.287 e. The molecule has 2 aromatic rings. The molecular formula is C21H28N4O6. The van der Waals surface area contributed by atoms with E-state index in [1.54, 1.807) is 46.7 Å². The molecule has 31 heavy (non-hydrogen) atoms. The third-order valence-corrected chi connectivity index (χ3v) is 3.83. The van der Waals surface area contributed by atoms with Gasteiger partial charge >= 0.3 is 0 Å². The number of hydrogen-bond donors (Lipinski definition) is 1. The summed E-state index contributed by atoms with van der Waals surface area (Å²) in [5.41, 5.74) is 2.33. The minimum atomic E-state index is -0.512. The fourth-order valence-electron chi connectivity index (χ4n) is 2.39. The van der Waals surface area contributed by atoms with E-state index < -0.39 is 4.92 Å². The predicted octanol–water partition coefficient (Wildman–Crippen LogP) is 2.44. The van der Waals surface area contributed by atoms with Gasteiger partial charge in [-0.25, -0.2) is 10.5 Å². The molecule has 1 aliphatic carbocycles. The minimum absolute atomic E-state index is 0.0977. The first-order chi connectivity index (χ1) is 15.0. The van der Waals surface area contributed by atoms with Crippen molar-refractivity contribution in [3.63, 3.8) is 0 Å². The molecule has 10 heteroatoms. The topological polar surface area (TPSA) is 118 Å². The van der Waals surface area contributed by atoms with Crippen molar-refractivity contribution >= 4 is 17.8 Å². The van der Waals surface area contributed by atoms with E-state index in [1.807, 2.05) is 19.9 Å². The van der Waals surface area contributed by atoms with Gasteiger partial charge in [0.2, 0.25) is 5.88 Å². The van der Waals surface area contributed by atoms with E-state index in [0.717, 1.165) is 11.4 Å². The van der Waals surface area contributed by atoms with Crippen LogP contribution in [0.3, 0.4) is 0 Å². The second-order valence-corrected chi connectivity index (χ2v) is 5.48. The molecule has 0 saturated heterocycles. The molecule has 3 rings (SSSR count). The number of nitrogens with zero attached hydrogens (tertiary/aromatic N) is 3. The molecule has 10 nitrogen and oxygen atoms in total. The highest BCUT2D eigenvalue weighted by Crippen LogP contribution is 2.19.